The van der Waals surface area contributed by atoms with Crippen molar-refractivity contribution < 1.29 is 4.74 Å². The van der Waals surface area contributed by atoms with Crippen LogP contribution in [0.3, 0.4) is 0 Å². The Balaban J connectivity index is 1.95. The van der Waals surface area contributed by atoms with Gasteiger partial charge in [0.05, 0.1) is 7.11 Å². The largest absolute Gasteiger partial charge is 0.497 e. The third kappa shape index (κ3) is 3.57. The minimum Gasteiger partial charge on any atom is -0.497 e. The quantitative estimate of drug-likeness (QED) is 0.468. The lowest BCUT2D eigenvalue weighted by Gasteiger charge is -2.24. The molecule has 18 heavy (non-hydrogen) atoms. The van der Waals surface area contributed by atoms with E-state index in [1.54, 1.807) is 7.11 Å². The van der Waals surface area contributed by atoms with Crippen molar-refractivity contribution in [2.24, 2.45) is 0 Å². The maximum Gasteiger partial charge on any atom is 0.118 e. The van der Waals surface area contributed by atoms with E-state index in [-0.39, 0.29) is 0 Å². The van der Waals surface area contributed by atoms with Crippen LogP contribution in [-0.4, -0.2) is 30.0 Å². The lowest BCUT2D eigenvalue weighted by Crippen LogP contribution is -2.24. The minimum atomic E-state index is 0.863. The van der Waals surface area contributed by atoms with Crippen LogP contribution in [0.2, 0.25) is 0 Å². The molecule has 96 valence electrons. The van der Waals surface area contributed by atoms with Gasteiger partial charge in [-0.25, -0.2) is 0 Å². The summed E-state index contributed by atoms with van der Waals surface area (Å²) in [5, 5.41) is 0. The number of hydrogen-bond donors (Lipinski definition) is 0. The monoisotopic (exact) mass is 261 g/mol. The number of nitrogens with zero attached hydrogens (tertiary/aromatic N) is 1. The first-order valence-corrected chi connectivity index (χ1v) is 6.81. The average Bonchev–Trinajstić information content (AvgIpc) is 2.46. The van der Waals surface area contributed by atoms with Crippen LogP contribution in [0.25, 0.3) is 0 Å². The molecule has 0 spiro atoms. The van der Waals surface area contributed by atoms with Crippen LogP contribution in [0, 0.1) is 0 Å². The van der Waals surface area contributed by atoms with Gasteiger partial charge in [0.15, 0.2) is 0 Å². The molecule has 1 aliphatic rings. The van der Waals surface area contributed by atoms with E-state index >= 15 is 0 Å². The highest BCUT2D eigenvalue weighted by Crippen LogP contribution is 2.13. The normalized spacial score (nSPS) is 15.9. The fraction of sp³-hybridized carbons (Fsp3) is 0.400. The van der Waals surface area contributed by atoms with Crippen molar-refractivity contribution in [3.63, 3.8) is 0 Å². The Hall–Kier alpha value is -1.35. The average molecular weight is 261 g/mol. The van der Waals surface area contributed by atoms with E-state index in [4.69, 9.17) is 17.0 Å². The number of thiocarbonyl (C=S) groups is 1. The smallest absolute Gasteiger partial charge is 0.118 e. The molecule has 1 heterocycles. The van der Waals surface area contributed by atoms with Gasteiger partial charge in [-0.2, -0.15) is 0 Å². The summed E-state index contributed by atoms with van der Waals surface area (Å²) in [6, 6.07) is 7.89. The molecule has 0 unspecified atom stereocenters. The second-order valence-corrected chi connectivity index (χ2v) is 4.94. The number of piperidine rings is 1. The van der Waals surface area contributed by atoms with Gasteiger partial charge in [-0.3, -0.25) is 0 Å². The van der Waals surface area contributed by atoms with Crippen molar-refractivity contribution in [3.8, 4) is 5.75 Å². The molecule has 0 N–H and O–H groups in total. The summed E-state index contributed by atoms with van der Waals surface area (Å²) in [5.74, 6) is 0.863. The molecule has 0 amide bonds. The van der Waals surface area contributed by atoms with Gasteiger partial charge in [0.1, 0.15) is 5.75 Å². The zero-order valence-corrected chi connectivity index (χ0v) is 11.6. The number of ether oxygens (including phenoxy) is 1. The fourth-order valence-electron chi connectivity index (χ4n) is 2.09. The molecular formula is C15H19NOS. The molecular weight excluding hydrogens is 242 g/mol. The van der Waals surface area contributed by atoms with Crippen LogP contribution in [0.15, 0.2) is 36.5 Å². The predicted octanol–water partition coefficient (Wildman–Crippen LogP) is 3.41. The molecule has 2 rings (SSSR count). The molecule has 0 aliphatic carbocycles. The Labute approximate surface area is 114 Å². The Morgan fingerprint density at radius 1 is 1.17 bits per heavy atom. The molecule has 1 aliphatic heterocycles. The molecule has 0 aromatic heterocycles. The van der Waals surface area contributed by atoms with Crippen LogP contribution in [0.4, 0.5) is 0 Å². The maximum absolute atomic E-state index is 5.41. The SMILES string of the molecule is COc1ccc(C(=S)C=CN2CCCCC2)cc1. The topological polar surface area (TPSA) is 12.5 Å². The number of hydrogen-bond acceptors (Lipinski definition) is 3. The molecule has 2 nitrogen and oxygen atoms in total. The van der Waals surface area contributed by atoms with Gasteiger partial charge in [0.2, 0.25) is 0 Å². The summed E-state index contributed by atoms with van der Waals surface area (Å²) >= 11 is 5.41. The van der Waals surface area contributed by atoms with Crippen LogP contribution in [0.1, 0.15) is 24.8 Å². The molecule has 0 bridgehead atoms. The minimum absolute atomic E-state index is 0.863. The van der Waals surface area contributed by atoms with Crippen LogP contribution >= 0.6 is 12.2 Å². The maximum atomic E-state index is 5.41. The zero-order chi connectivity index (χ0) is 12.8. The van der Waals surface area contributed by atoms with Gasteiger partial charge in [-0.15, -0.1) is 0 Å². The van der Waals surface area contributed by atoms with Crippen molar-refractivity contribution in [2.45, 2.75) is 19.3 Å². The predicted molar refractivity (Wildman–Crippen MR) is 79.3 cm³/mol. The summed E-state index contributed by atoms with van der Waals surface area (Å²) in [4.78, 5) is 3.22. The molecule has 1 aromatic rings. The van der Waals surface area contributed by atoms with Gasteiger partial charge in [-0.1, -0.05) is 12.2 Å². The first-order chi connectivity index (χ1) is 8.79. The Bertz CT molecular complexity index is 419. The van der Waals surface area contributed by atoms with Crippen LogP contribution in [0.5, 0.6) is 5.75 Å². The van der Waals surface area contributed by atoms with E-state index in [1.165, 1.54) is 19.3 Å². The van der Waals surface area contributed by atoms with Gasteiger partial charge in [0.25, 0.3) is 0 Å². The van der Waals surface area contributed by atoms with Crippen LogP contribution in [-0.2, 0) is 0 Å². The van der Waals surface area contributed by atoms with Crippen molar-refractivity contribution in [1.82, 2.24) is 4.90 Å². The van der Waals surface area contributed by atoms with Gasteiger partial charge in [0, 0.05) is 24.2 Å². The van der Waals surface area contributed by atoms with Gasteiger partial charge >= 0.3 is 0 Å². The third-order valence-corrected chi connectivity index (χ3v) is 3.57. The molecule has 0 radical (unpaired) electrons. The molecule has 0 atom stereocenters. The molecule has 3 heteroatoms. The molecule has 1 aromatic carbocycles. The lowest BCUT2D eigenvalue weighted by molar-refractivity contribution is 0.310. The standard InChI is InChI=1S/C15H19NOS/c1-17-14-7-5-13(6-8-14)15(18)9-12-16-10-3-2-4-11-16/h5-9,12H,2-4,10-11H2,1H3. The molecule has 0 saturated carbocycles. The number of benzene rings is 1. The first-order valence-electron chi connectivity index (χ1n) is 6.40. The van der Waals surface area contributed by atoms with Gasteiger partial charge in [-0.05, 0) is 55.2 Å². The molecule has 1 saturated heterocycles. The summed E-state index contributed by atoms with van der Waals surface area (Å²) in [6.45, 7) is 2.31. The van der Waals surface area contributed by atoms with Crippen molar-refractivity contribution in [3.05, 3.63) is 42.1 Å². The number of allylic oxidation sites excluding steroid dienone is 1. The van der Waals surface area contributed by atoms with E-state index in [0.717, 1.165) is 29.3 Å². The lowest BCUT2D eigenvalue weighted by atomic mass is 10.1. The van der Waals surface area contributed by atoms with E-state index in [2.05, 4.69) is 11.1 Å². The fourth-order valence-corrected chi connectivity index (χ4v) is 2.29. The van der Waals surface area contributed by atoms with Crippen LogP contribution < -0.4 is 4.74 Å². The molecule has 1 fully saturated rings. The summed E-state index contributed by atoms with van der Waals surface area (Å²) in [5.41, 5.74) is 1.07. The number of methoxy groups -OCH3 is 1. The van der Waals surface area contributed by atoms with E-state index in [0.29, 0.717) is 0 Å². The van der Waals surface area contributed by atoms with Crippen molar-refractivity contribution in [2.75, 3.05) is 20.2 Å². The summed E-state index contributed by atoms with van der Waals surface area (Å²) in [7, 11) is 1.67. The highest BCUT2D eigenvalue weighted by molar-refractivity contribution is 7.81. The summed E-state index contributed by atoms with van der Waals surface area (Å²) in [6.07, 6.45) is 8.10. The highest BCUT2D eigenvalue weighted by atomic mass is 32.1. The van der Waals surface area contributed by atoms with E-state index in [9.17, 15) is 0 Å². The second kappa shape index (κ2) is 6.55. The first kappa shape index (κ1) is 13.1. The van der Waals surface area contributed by atoms with Crippen molar-refractivity contribution >= 4 is 17.1 Å². The third-order valence-electron chi connectivity index (χ3n) is 3.20. The Morgan fingerprint density at radius 2 is 1.83 bits per heavy atom. The van der Waals surface area contributed by atoms with E-state index < -0.39 is 0 Å². The summed E-state index contributed by atoms with van der Waals surface area (Å²) < 4.78 is 5.13. The second-order valence-electron chi connectivity index (χ2n) is 4.51. The number of rotatable bonds is 4. The Kier molecular flexibility index (Phi) is 4.76. The zero-order valence-electron chi connectivity index (χ0n) is 10.8. The number of likely N-dealkylation sites (tertiary alicyclic amines) is 1. The highest BCUT2D eigenvalue weighted by Gasteiger charge is 2.05. The van der Waals surface area contributed by atoms with Gasteiger partial charge < -0.3 is 9.64 Å². The Morgan fingerprint density at radius 3 is 2.44 bits per heavy atom. The van der Waals surface area contributed by atoms with E-state index in [1.807, 2.05) is 30.3 Å². The van der Waals surface area contributed by atoms with Crippen molar-refractivity contribution in [1.29, 1.82) is 0 Å².